The average molecular weight is 338 g/mol. The molecule has 24 heavy (non-hydrogen) atoms. The summed E-state index contributed by atoms with van der Waals surface area (Å²) < 4.78 is 10.6. The van der Waals surface area contributed by atoms with Crippen LogP contribution >= 0.6 is 0 Å². The van der Waals surface area contributed by atoms with Crippen molar-refractivity contribution < 1.29 is 19.1 Å². The second-order valence-electron chi connectivity index (χ2n) is 5.79. The monoisotopic (exact) mass is 338 g/mol. The van der Waals surface area contributed by atoms with Crippen molar-refractivity contribution in [3.05, 3.63) is 23.3 Å². The Bertz CT molecular complexity index is 381. The lowest BCUT2D eigenvalue weighted by molar-refractivity contribution is -0.142. The predicted molar refractivity (Wildman–Crippen MR) is 97.7 cm³/mol. The molecule has 0 aromatic heterocycles. The zero-order valence-corrected chi connectivity index (χ0v) is 15.9. The van der Waals surface area contributed by atoms with E-state index >= 15 is 0 Å². The van der Waals surface area contributed by atoms with E-state index in [9.17, 15) is 9.59 Å². The maximum absolute atomic E-state index is 12.4. The van der Waals surface area contributed by atoms with Gasteiger partial charge in [-0.2, -0.15) is 0 Å². The van der Waals surface area contributed by atoms with Crippen molar-refractivity contribution in [2.45, 2.75) is 79.1 Å². The minimum absolute atomic E-state index is 0.350. The molecular formula is C20H34O4. The van der Waals surface area contributed by atoms with Crippen LogP contribution in [0.15, 0.2) is 23.3 Å². The van der Waals surface area contributed by atoms with Gasteiger partial charge in [0.2, 0.25) is 0 Å². The first kappa shape index (κ1) is 22.4. The van der Waals surface area contributed by atoms with Crippen LogP contribution in [0.2, 0.25) is 0 Å². The molecule has 0 aliphatic carbocycles. The summed E-state index contributed by atoms with van der Waals surface area (Å²) in [4.78, 5) is 24.8. The molecule has 0 spiro atoms. The molecule has 0 aromatic carbocycles. The number of carbonyl (C=O) groups excluding carboxylic acids is 2. The molecule has 0 amide bonds. The molecule has 0 heterocycles. The lowest BCUT2D eigenvalue weighted by Gasteiger charge is -2.12. The Hall–Kier alpha value is -1.58. The molecule has 0 unspecified atom stereocenters. The lowest BCUT2D eigenvalue weighted by Crippen LogP contribution is -2.18. The molecule has 0 atom stereocenters. The fourth-order valence-corrected chi connectivity index (χ4v) is 1.96. The number of allylic oxidation sites excluding steroid dienone is 2. The van der Waals surface area contributed by atoms with Crippen molar-refractivity contribution in [2.24, 2.45) is 0 Å². The largest absolute Gasteiger partial charge is 0.462 e. The van der Waals surface area contributed by atoms with E-state index in [1.54, 1.807) is 12.2 Å². The molecule has 0 rings (SSSR count). The van der Waals surface area contributed by atoms with Gasteiger partial charge in [-0.05, 0) is 25.7 Å². The Morgan fingerprint density at radius 3 is 1.33 bits per heavy atom. The van der Waals surface area contributed by atoms with E-state index in [1.807, 2.05) is 27.7 Å². The number of hydrogen-bond donors (Lipinski definition) is 0. The van der Waals surface area contributed by atoms with E-state index in [1.165, 1.54) is 0 Å². The van der Waals surface area contributed by atoms with Gasteiger partial charge in [0.25, 0.3) is 0 Å². The molecule has 0 bridgehead atoms. The van der Waals surface area contributed by atoms with Crippen LogP contribution < -0.4 is 0 Å². The van der Waals surface area contributed by atoms with E-state index < -0.39 is 11.9 Å². The van der Waals surface area contributed by atoms with Gasteiger partial charge in [0, 0.05) is 0 Å². The molecule has 0 saturated carbocycles. The van der Waals surface area contributed by atoms with Crippen molar-refractivity contribution in [3.63, 3.8) is 0 Å². The highest BCUT2D eigenvalue weighted by Gasteiger charge is 2.22. The lowest BCUT2D eigenvalue weighted by atomic mass is 10.0. The van der Waals surface area contributed by atoms with Gasteiger partial charge in [-0.15, -0.1) is 0 Å². The van der Waals surface area contributed by atoms with Crippen molar-refractivity contribution >= 4 is 11.9 Å². The summed E-state index contributed by atoms with van der Waals surface area (Å²) >= 11 is 0. The van der Waals surface area contributed by atoms with Gasteiger partial charge in [0.15, 0.2) is 0 Å². The standard InChI is InChI=1S/C20H34O4/c1-5-9-13-17(19(21)23-15-11-7-3)18(14-10-6-2)20(22)24-16-12-8-4/h13-14H,5-12,15-16H2,1-4H3. The Morgan fingerprint density at radius 1 is 0.667 bits per heavy atom. The van der Waals surface area contributed by atoms with Crippen LogP contribution in [0.25, 0.3) is 0 Å². The van der Waals surface area contributed by atoms with Crippen LogP contribution in [-0.4, -0.2) is 25.2 Å². The predicted octanol–water partition coefficient (Wildman–Crippen LogP) is 5.13. The summed E-state index contributed by atoms with van der Waals surface area (Å²) in [5, 5.41) is 0. The number of unbranched alkanes of at least 4 members (excludes halogenated alkanes) is 4. The Kier molecular flexibility index (Phi) is 14.0. The van der Waals surface area contributed by atoms with Crippen molar-refractivity contribution in [2.75, 3.05) is 13.2 Å². The SMILES string of the molecule is CCCC=C(C(=O)OCCCC)C(=CCCC)C(=O)OCCCC. The van der Waals surface area contributed by atoms with Crippen LogP contribution in [0, 0.1) is 0 Å². The first-order valence-electron chi connectivity index (χ1n) is 9.37. The number of rotatable bonds is 13. The normalized spacial score (nSPS) is 12.2. The second kappa shape index (κ2) is 15.0. The maximum atomic E-state index is 12.4. The first-order valence-corrected chi connectivity index (χ1v) is 9.37. The number of carbonyl (C=O) groups is 2. The average Bonchev–Trinajstić information content (AvgIpc) is 2.58. The summed E-state index contributed by atoms with van der Waals surface area (Å²) in [5.41, 5.74) is 0.700. The molecule has 0 N–H and O–H groups in total. The van der Waals surface area contributed by atoms with E-state index in [2.05, 4.69) is 0 Å². The summed E-state index contributed by atoms with van der Waals surface area (Å²) in [5.74, 6) is -0.849. The van der Waals surface area contributed by atoms with Crippen molar-refractivity contribution in [1.82, 2.24) is 0 Å². The van der Waals surface area contributed by atoms with Gasteiger partial charge < -0.3 is 9.47 Å². The summed E-state index contributed by atoms with van der Waals surface area (Å²) in [7, 11) is 0. The summed E-state index contributed by atoms with van der Waals surface area (Å²) in [6.07, 6.45) is 10.4. The molecule has 0 aliphatic rings. The smallest absolute Gasteiger partial charge is 0.338 e. The molecule has 0 saturated heterocycles. The summed E-state index contributed by atoms with van der Waals surface area (Å²) in [6.45, 7) is 8.91. The highest BCUT2D eigenvalue weighted by atomic mass is 16.5. The second-order valence-corrected chi connectivity index (χ2v) is 5.79. The fraction of sp³-hybridized carbons (Fsp3) is 0.700. The third-order valence-corrected chi connectivity index (χ3v) is 3.47. The van der Waals surface area contributed by atoms with Gasteiger partial charge in [0.05, 0.1) is 24.4 Å². The molecule has 0 radical (unpaired) electrons. The third-order valence-electron chi connectivity index (χ3n) is 3.47. The quantitative estimate of drug-likeness (QED) is 0.202. The van der Waals surface area contributed by atoms with E-state index in [0.29, 0.717) is 24.4 Å². The first-order chi connectivity index (χ1) is 11.6. The zero-order chi connectivity index (χ0) is 18.2. The van der Waals surface area contributed by atoms with E-state index in [0.717, 1.165) is 51.4 Å². The number of esters is 2. The maximum Gasteiger partial charge on any atom is 0.338 e. The molecule has 138 valence electrons. The minimum atomic E-state index is -0.424. The molecular weight excluding hydrogens is 304 g/mol. The van der Waals surface area contributed by atoms with Gasteiger partial charge in [0.1, 0.15) is 0 Å². The molecule has 4 heteroatoms. The van der Waals surface area contributed by atoms with Crippen LogP contribution in [0.5, 0.6) is 0 Å². The highest BCUT2D eigenvalue weighted by molar-refractivity contribution is 6.06. The van der Waals surface area contributed by atoms with Crippen LogP contribution in [-0.2, 0) is 19.1 Å². The molecule has 0 aliphatic heterocycles. The van der Waals surface area contributed by atoms with E-state index in [4.69, 9.17) is 9.47 Å². The van der Waals surface area contributed by atoms with Crippen molar-refractivity contribution in [3.8, 4) is 0 Å². The summed E-state index contributed by atoms with van der Waals surface area (Å²) in [6, 6.07) is 0. The highest BCUT2D eigenvalue weighted by Crippen LogP contribution is 2.18. The fourth-order valence-electron chi connectivity index (χ4n) is 1.96. The van der Waals surface area contributed by atoms with Crippen LogP contribution in [0.1, 0.15) is 79.1 Å². The van der Waals surface area contributed by atoms with Gasteiger partial charge in [-0.25, -0.2) is 9.59 Å². The molecule has 0 aromatic rings. The molecule has 0 fully saturated rings. The molecule has 4 nitrogen and oxygen atoms in total. The Morgan fingerprint density at radius 2 is 1.04 bits per heavy atom. The van der Waals surface area contributed by atoms with Crippen molar-refractivity contribution in [1.29, 1.82) is 0 Å². The van der Waals surface area contributed by atoms with Gasteiger partial charge in [-0.3, -0.25) is 0 Å². The number of ether oxygens (including phenoxy) is 2. The zero-order valence-electron chi connectivity index (χ0n) is 15.9. The van der Waals surface area contributed by atoms with E-state index in [-0.39, 0.29) is 0 Å². The minimum Gasteiger partial charge on any atom is -0.462 e. The van der Waals surface area contributed by atoms with Crippen LogP contribution in [0.3, 0.4) is 0 Å². The van der Waals surface area contributed by atoms with Gasteiger partial charge in [-0.1, -0.05) is 65.5 Å². The van der Waals surface area contributed by atoms with Gasteiger partial charge >= 0.3 is 11.9 Å². The topological polar surface area (TPSA) is 52.6 Å². The van der Waals surface area contributed by atoms with Crippen LogP contribution in [0.4, 0.5) is 0 Å². The number of hydrogen-bond acceptors (Lipinski definition) is 4. The third kappa shape index (κ3) is 9.53. The Balaban J connectivity index is 5.26. The Labute approximate surface area is 147 Å².